The lowest BCUT2D eigenvalue weighted by Crippen LogP contribution is -2.52. The van der Waals surface area contributed by atoms with Crippen LogP contribution >= 0.6 is 0 Å². The fraction of sp³-hybridized carbons (Fsp3) is 0.923. The Balaban J connectivity index is 2.04. The Morgan fingerprint density at radius 1 is 1.38 bits per heavy atom. The van der Waals surface area contributed by atoms with Crippen molar-refractivity contribution in [1.82, 2.24) is 9.03 Å². The van der Waals surface area contributed by atoms with Crippen LogP contribution in [-0.2, 0) is 19.7 Å². The first-order chi connectivity index (χ1) is 9.87. The first kappa shape index (κ1) is 16.7. The van der Waals surface area contributed by atoms with Crippen LogP contribution in [0.4, 0.5) is 0 Å². The quantitative estimate of drug-likeness (QED) is 0.772. The highest BCUT2D eigenvalue weighted by Gasteiger charge is 2.42. The summed E-state index contributed by atoms with van der Waals surface area (Å²) in [5.74, 6) is -0.958. The maximum Gasteiger partial charge on any atom is 0.311 e. The second-order valence-electron chi connectivity index (χ2n) is 5.98. The number of rotatable bonds is 5. The Hall–Kier alpha value is -0.700. The number of aliphatic carboxylic acids is 1. The molecule has 0 aromatic heterocycles. The lowest BCUT2D eigenvalue weighted by atomic mass is 9.80. The van der Waals surface area contributed by atoms with Gasteiger partial charge in [0.25, 0.3) is 10.2 Å². The number of hydrogen-bond donors (Lipinski definition) is 2. The first-order valence-electron chi connectivity index (χ1n) is 7.45. The molecule has 1 unspecified atom stereocenters. The number of nitrogens with zero attached hydrogens (tertiary/aromatic N) is 1. The first-order valence-corrected chi connectivity index (χ1v) is 8.89. The molecule has 0 bridgehead atoms. The van der Waals surface area contributed by atoms with Crippen LogP contribution in [0.1, 0.15) is 39.0 Å². The molecule has 2 rings (SSSR count). The van der Waals surface area contributed by atoms with E-state index in [4.69, 9.17) is 4.74 Å². The van der Waals surface area contributed by atoms with E-state index in [1.54, 1.807) is 0 Å². The lowest BCUT2D eigenvalue weighted by molar-refractivity contribution is -0.154. The molecule has 0 saturated carbocycles. The zero-order valence-electron chi connectivity index (χ0n) is 12.4. The van der Waals surface area contributed by atoms with Gasteiger partial charge >= 0.3 is 5.97 Å². The van der Waals surface area contributed by atoms with E-state index in [1.165, 1.54) is 4.31 Å². The molecular weight excluding hydrogens is 296 g/mol. The SMILES string of the molecule is CC1CCCCN1S(=O)(=O)NCC1(C(=O)O)CCOCC1. The molecule has 2 heterocycles. The van der Waals surface area contributed by atoms with Gasteiger partial charge < -0.3 is 9.84 Å². The van der Waals surface area contributed by atoms with Crippen LogP contribution in [0.2, 0.25) is 0 Å². The summed E-state index contributed by atoms with van der Waals surface area (Å²) in [6, 6.07) is -0.0354. The van der Waals surface area contributed by atoms with Gasteiger partial charge in [0.2, 0.25) is 0 Å². The van der Waals surface area contributed by atoms with Crippen molar-refractivity contribution in [3.05, 3.63) is 0 Å². The van der Waals surface area contributed by atoms with Crippen molar-refractivity contribution in [3.8, 4) is 0 Å². The van der Waals surface area contributed by atoms with Gasteiger partial charge in [0, 0.05) is 32.3 Å². The minimum absolute atomic E-state index is 0.0354. The molecule has 2 fully saturated rings. The highest BCUT2D eigenvalue weighted by atomic mass is 32.2. The van der Waals surface area contributed by atoms with E-state index in [0.29, 0.717) is 32.6 Å². The molecule has 2 aliphatic rings. The van der Waals surface area contributed by atoms with E-state index in [1.807, 2.05) is 6.92 Å². The Morgan fingerprint density at radius 2 is 2.05 bits per heavy atom. The summed E-state index contributed by atoms with van der Waals surface area (Å²) in [6.45, 7) is 3.03. The average molecular weight is 320 g/mol. The van der Waals surface area contributed by atoms with Crippen LogP contribution < -0.4 is 4.72 Å². The van der Waals surface area contributed by atoms with Crippen molar-refractivity contribution in [2.75, 3.05) is 26.3 Å². The minimum Gasteiger partial charge on any atom is -0.481 e. The molecule has 2 saturated heterocycles. The molecule has 2 aliphatic heterocycles. The van der Waals surface area contributed by atoms with Gasteiger partial charge in [0.15, 0.2) is 0 Å². The van der Waals surface area contributed by atoms with E-state index in [-0.39, 0.29) is 12.6 Å². The van der Waals surface area contributed by atoms with Crippen molar-refractivity contribution < 1.29 is 23.1 Å². The zero-order chi connectivity index (χ0) is 15.5. The summed E-state index contributed by atoms with van der Waals surface area (Å²) in [4.78, 5) is 11.5. The Kier molecular flexibility index (Phi) is 5.24. The van der Waals surface area contributed by atoms with Gasteiger partial charge in [-0.05, 0) is 32.6 Å². The standard InChI is InChI=1S/C13H24N2O5S/c1-11-4-2-3-7-15(11)21(18,19)14-10-13(12(16)17)5-8-20-9-6-13/h11,14H,2-10H2,1H3,(H,16,17). The molecule has 21 heavy (non-hydrogen) atoms. The largest absolute Gasteiger partial charge is 0.481 e. The third-order valence-electron chi connectivity index (χ3n) is 4.55. The van der Waals surface area contributed by atoms with E-state index < -0.39 is 21.6 Å². The molecule has 0 spiro atoms. The maximum absolute atomic E-state index is 12.4. The Morgan fingerprint density at radius 3 is 2.62 bits per heavy atom. The number of carboxylic acid groups (broad SMARTS) is 1. The van der Waals surface area contributed by atoms with Crippen molar-refractivity contribution in [1.29, 1.82) is 0 Å². The summed E-state index contributed by atoms with van der Waals surface area (Å²) in [6.07, 6.45) is 3.40. The molecule has 0 radical (unpaired) electrons. The van der Waals surface area contributed by atoms with Crippen molar-refractivity contribution in [3.63, 3.8) is 0 Å². The number of piperidine rings is 1. The fourth-order valence-corrected chi connectivity index (χ4v) is 4.54. The number of carbonyl (C=O) groups is 1. The topological polar surface area (TPSA) is 95.9 Å². The summed E-state index contributed by atoms with van der Waals surface area (Å²) in [5, 5.41) is 9.44. The monoisotopic (exact) mass is 320 g/mol. The van der Waals surface area contributed by atoms with Crippen LogP contribution in [-0.4, -0.2) is 56.1 Å². The zero-order valence-corrected chi connectivity index (χ0v) is 13.2. The van der Waals surface area contributed by atoms with Crippen LogP contribution in [0, 0.1) is 5.41 Å². The predicted octanol–water partition coefficient (Wildman–Crippen LogP) is 0.577. The highest BCUT2D eigenvalue weighted by Crippen LogP contribution is 2.30. The van der Waals surface area contributed by atoms with Gasteiger partial charge in [-0.2, -0.15) is 12.7 Å². The maximum atomic E-state index is 12.4. The normalized spacial score (nSPS) is 27.4. The minimum atomic E-state index is -3.62. The lowest BCUT2D eigenvalue weighted by Gasteiger charge is -2.36. The molecule has 0 aromatic rings. The smallest absolute Gasteiger partial charge is 0.311 e. The van der Waals surface area contributed by atoms with E-state index in [9.17, 15) is 18.3 Å². The molecular formula is C13H24N2O5S. The van der Waals surface area contributed by atoms with Gasteiger partial charge in [-0.1, -0.05) is 6.42 Å². The second-order valence-corrected chi connectivity index (χ2v) is 7.69. The molecule has 0 aliphatic carbocycles. The van der Waals surface area contributed by atoms with E-state index >= 15 is 0 Å². The molecule has 122 valence electrons. The van der Waals surface area contributed by atoms with Gasteiger partial charge in [-0.3, -0.25) is 4.79 Å². The number of nitrogens with one attached hydrogen (secondary N) is 1. The molecule has 8 heteroatoms. The molecule has 7 nitrogen and oxygen atoms in total. The number of ether oxygens (including phenoxy) is 1. The highest BCUT2D eigenvalue weighted by molar-refractivity contribution is 7.87. The average Bonchev–Trinajstić information content (AvgIpc) is 2.46. The Labute approximate surface area is 125 Å². The van der Waals surface area contributed by atoms with E-state index in [0.717, 1.165) is 19.3 Å². The van der Waals surface area contributed by atoms with Crippen LogP contribution in [0.5, 0.6) is 0 Å². The van der Waals surface area contributed by atoms with Crippen LogP contribution in [0.25, 0.3) is 0 Å². The summed E-state index contributed by atoms with van der Waals surface area (Å²) >= 11 is 0. The molecule has 2 N–H and O–H groups in total. The molecule has 0 amide bonds. The summed E-state index contributed by atoms with van der Waals surface area (Å²) in [7, 11) is -3.62. The van der Waals surface area contributed by atoms with Gasteiger partial charge in [0.1, 0.15) is 0 Å². The predicted molar refractivity (Wildman–Crippen MR) is 77.1 cm³/mol. The number of carboxylic acids is 1. The van der Waals surface area contributed by atoms with E-state index in [2.05, 4.69) is 4.72 Å². The van der Waals surface area contributed by atoms with Crippen molar-refractivity contribution in [2.24, 2.45) is 5.41 Å². The molecule has 0 aromatic carbocycles. The van der Waals surface area contributed by atoms with Crippen molar-refractivity contribution >= 4 is 16.2 Å². The summed E-state index contributed by atoms with van der Waals surface area (Å²) in [5.41, 5.74) is -1.05. The second kappa shape index (κ2) is 6.60. The Bertz CT molecular complexity index is 473. The van der Waals surface area contributed by atoms with Gasteiger partial charge in [-0.25, -0.2) is 4.72 Å². The van der Waals surface area contributed by atoms with Crippen LogP contribution in [0.3, 0.4) is 0 Å². The summed E-state index contributed by atoms with van der Waals surface area (Å²) < 4.78 is 33.9. The van der Waals surface area contributed by atoms with Crippen LogP contribution in [0.15, 0.2) is 0 Å². The van der Waals surface area contributed by atoms with Gasteiger partial charge in [0.05, 0.1) is 5.41 Å². The molecule has 1 atom stereocenters. The van der Waals surface area contributed by atoms with Crippen molar-refractivity contribution in [2.45, 2.75) is 45.1 Å². The third-order valence-corrected chi connectivity index (χ3v) is 6.22. The third kappa shape index (κ3) is 3.74. The fourth-order valence-electron chi connectivity index (χ4n) is 2.97. The number of hydrogen-bond acceptors (Lipinski definition) is 4. The van der Waals surface area contributed by atoms with Gasteiger partial charge in [-0.15, -0.1) is 0 Å².